The average Bonchev–Trinajstić information content (AvgIpc) is 2.30. The summed E-state index contributed by atoms with van der Waals surface area (Å²) in [7, 11) is 0. The molecule has 2 N–H and O–H groups in total. The Kier molecular flexibility index (Phi) is 5.23. The number of hydrogen-bond donors (Lipinski definition) is 2. The molecule has 1 aromatic rings. The second-order valence-corrected chi connectivity index (χ2v) is 4.75. The van der Waals surface area contributed by atoms with Gasteiger partial charge in [-0.15, -0.1) is 0 Å². The van der Waals surface area contributed by atoms with Crippen molar-refractivity contribution in [2.75, 3.05) is 6.61 Å². The number of benzene rings is 1. The first kappa shape index (κ1) is 15.4. The van der Waals surface area contributed by atoms with Crippen molar-refractivity contribution in [1.29, 1.82) is 0 Å². The minimum absolute atomic E-state index is 0.0190. The number of nitrogens with one attached hydrogen (secondary N) is 1. The lowest BCUT2D eigenvalue weighted by atomic mass is 10.1. The first-order valence-electron chi connectivity index (χ1n) is 5.78. The first-order chi connectivity index (χ1) is 8.84. The van der Waals surface area contributed by atoms with Gasteiger partial charge in [0.15, 0.2) is 0 Å². The SMILES string of the molecule is CC(C)(CO)NC(=O)Cc1ccccc1OC(F)F. The van der Waals surface area contributed by atoms with E-state index in [0.29, 0.717) is 5.56 Å². The first-order valence-corrected chi connectivity index (χ1v) is 5.78. The fourth-order valence-electron chi connectivity index (χ4n) is 1.49. The van der Waals surface area contributed by atoms with Gasteiger partial charge >= 0.3 is 6.61 Å². The quantitative estimate of drug-likeness (QED) is 0.829. The van der Waals surface area contributed by atoms with Gasteiger partial charge in [0.2, 0.25) is 5.91 Å². The Morgan fingerprint density at radius 2 is 2.05 bits per heavy atom. The predicted octanol–water partition coefficient (Wildman–Crippen LogP) is 1.72. The van der Waals surface area contributed by atoms with Crippen LogP contribution < -0.4 is 10.1 Å². The molecule has 1 amide bonds. The molecule has 0 heterocycles. The molecule has 1 rings (SSSR count). The smallest absolute Gasteiger partial charge is 0.387 e. The van der Waals surface area contributed by atoms with Gasteiger partial charge in [-0.25, -0.2) is 0 Å². The molecule has 0 unspecified atom stereocenters. The van der Waals surface area contributed by atoms with Gasteiger partial charge in [-0.1, -0.05) is 18.2 Å². The highest BCUT2D eigenvalue weighted by molar-refractivity contribution is 5.80. The van der Waals surface area contributed by atoms with Crippen molar-refractivity contribution in [2.24, 2.45) is 0 Å². The fraction of sp³-hybridized carbons (Fsp3) is 0.462. The number of carbonyl (C=O) groups excluding carboxylic acids is 1. The maximum atomic E-state index is 12.2. The summed E-state index contributed by atoms with van der Waals surface area (Å²) in [6.45, 7) is 0.172. The van der Waals surface area contributed by atoms with Crippen molar-refractivity contribution in [3.63, 3.8) is 0 Å². The van der Waals surface area contributed by atoms with E-state index in [4.69, 9.17) is 5.11 Å². The molecule has 0 saturated heterocycles. The minimum Gasteiger partial charge on any atom is -0.435 e. The summed E-state index contributed by atoms with van der Waals surface area (Å²) in [6.07, 6.45) is -0.0909. The number of aliphatic hydroxyl groups is 1. The zero-order chi connectivity index (χ0) is 14.5. The Bertz CT molecular complexity index is 436. The maximum Gasteiger partial charge on any atom is 0.387 e. The van der Waals surface area contributed by atoms with Crippen LogP contribution in [0.2, 0.25) is 0 Å². The van der Waals surface area contributed by atoms with E-state index in [1.54, 1.807) is 32.0 Å². The standard InChI is InChI=1S/C13H17F2NO3/c1-13(2,8-17)16-11(18)7-9-5-3-4-6-10(9)19-12(14)15/h3-6,12,17H,7-8H2,1-2H3,(H,16,18). The third kappa shape index (κ3) is 5.21. The number of amides is 1. The van der Waals surface area contributed by atoms with Crippen molar-refractivity contribution in [3.05, 3.63) is 29.8 Å². The van der Waals surface area contributed by atoms with Gasteiger partial charge in [0.1, 0.15) is 5.75 Å². The van der Waals surface area contributed by atoms with Crippen LogP contribution in [-0.2, 0) is 11.2 Å². The molecule has 6 heteroatoms. The molecule has 1 aromatic carbocycles. The Morgan fingerprint density at radius 1 is 1.42 bits per heavy atom. The van der Waals surface area contributed by atoms with Crippen LogP contribution in [0.1, 0.15) is 19.4 Å². The summed E-state index contributed by atoms with van der Waals surface area (Å²) in [6, 6.07) is 6.12. The number of aliphatic hydroxyl groups excluding tert-OH is 1. The summed E-state index contributed by atoms with van der Waals surface area (Å²) < 4.78 is 28.8. The van der Waals surface area contributed by atoms with Crippen molar-refractivity contribution in [3.8, 4) is 5.75 Å². The van der Waals surface area contributed by atoms with Crippen LogP contribution in [-0.4, -0.2) is 29.8 Å². The molecular formula is C13H17F2NO3. The van der Waals surface area contributed by atoms with E-state index in [9.17, 15) is 13.6 Å². The summed E-state index contributed by atoms with van der Waals surface area (Å²) in [5.74, 6) is -0.390. The number of halogens is 2. The van der Waals surface area contributed by atoms with E-state index in [0.717, 1.165) is 0 Å². The van der Waals surface area contributed by atoms with Crippen LogP contribution in [0.15, 0.2) is 24.3 Å². The van der Waals surface area contributed by atoms with Gasteiger partial charge in [-0.2, -0.15) is 8.78 Å². The van der Waals surface area contributed by atoms with Crippen LogP contribution in [0, 0.1) is 0 Å². The van der Waals surface area contributed by atoms with Crippen LogP contribution in [0.5, 0.6) is 5.75 Å². The van der Waals surface area contributed by atoms with Crippen molar-refractivity contribution < 1.29 is 23.4 Å². The van der Waals surface area contributed by atoms with Crippen LogP contribution in [0.4, 0.5) is 8.78 Å². The average molecular weight is 273 g/mol. The van der Waals surface area contributed by atoms with Crippen LogP contribution in [0.3, 0.4) is 0 Å². The van der Waals surface area contributed by atoms with Crippen LogP contribution in [0.25, 0.3) is 0 Å². The van der Waals surface area contributed by atoms with E-state index in [2.05, 4.69) is 10.1 Å². The molecule has 0 aliphatic heterocycles. The van der Waals surface area contributed by atoms with E-state index in [-0.39, 0.29) is 24.7 Å². The molecule has 0 spiro atoms. The Morgan fingerprint density at radius 3 is 2.63 bits per heavy atom. The summed E-state index contributed by atoms with van der Waals surface area (Å²) in [4.78, 5) is 11.8. The Balaban J connectivity index is 2.74. The predicted molar refractivity (Wildman–Crippen MR) is 66.1 cm³/mol. The van der Waals surface area contributed by atoms with Gasteiger partial charge < -0.3 is 15.2 Å². The van der Waals surface area contributed by atoms with E-state index < -0.39 is 12.2 Å². The maximum absolute atomic E-state index is 12.2. The van der Waals surface area contributed by atoms with Gasteiger partial charge in [-0.3, -0.25) is 4.79 Å². The number of carbonyl (C=O) groups is 1. The fourth-order valence-corrected chi connectivity index (χ4v) is 1.49. The molecule has 19 heavy (non-hydrogen) atoms. The zero-order valence-corrected chi connectivity index (χ0v) is 10.8. The second kappa shape index (κ2) is 6.47. The van der Waals surface area contributed by atoms with Gasteiger partial charge in [0, 0.05) is 5.56 Å². The van der Waals surface area contributed by atoms with E-state index >= 15 is 0 Å². The van der Waals surface area contributed by atoms with E-state index in [1.165, 1.54) is 6.07 Å². The lowest BCUT2D eigenvalue weighted by Crippen LogP contribution is -2.46. The lowest BCUT2D eigenvalue weighted by molar-refractivity contribution is -0.122. The molecule has 0 aliphatic carbocycles. The second-order valence-electron chi connectivity index (χ2n) is 4.75. The zero-order valence-electron chi connectivity index (χ0n) is 10.8. The number of ether oxygens (including phenoxy) is 1. The molecule has 4 nitrogen and oxygen atoms in total. The van der Waals surface area contributed by atoms with E-state index in [1.807, 2.05) is 0 Å². The molecular weight excluding hydrogens is 256 g/mol. The molecule has 0 atom stereocenters. The van der Waals surface area contributed by atoms with Crippen molar-refractivity contribution in [1.82, 2.24) is 5.32 Å². The Hall–Kier alpha value is -1.69. The summed E-state index contributed by atoms with van der Waals surface area (Å²) in [5.41, 5.74) is -0.385. The van der Waals surface area contributed by atoms with Crippen molar-refractivity contribution in [2.45, 2.75) is 32.4 Å². The normalized spacial score (nSPS) is 11.5. The van der Waals surface area contributed by atoms with Gasteiger partial charge in [0.05, 0.1) is 18.6 Å². The number of rotatable bonds is 6. The molecule has 0 fully saturated rings. The highest BCUT2D eigenvalue weighted by Gasteiger charge is 2.20. The third-order valence-corrected chi connectivity index (χ3v) is 2.41. The molecule has 0 radical (unpaired) electrons. The Labute approximate surface area is 110 Å². The minimum atomic E-state index is -2.93. The highest BCUT2D eigenvalue weighted by Crippen LogP contribution is 2.20. The molecule has 0 saturated carbocycles. The number of para-hydroxylation sites is 1. The molecule has 0 bridgehead atoms. The highest BCUT2D eigenvalue weighted by atomic mass is 19.3. The molecule has 0 aliphatic rings. The van der Waals surface area contributed by atoms with Gasteiger partial charge in [-0.05, 0) is 19.9 Å². The lowest BCUT2D eigenvalue weighted by Gasteiger charge is -2.23. The summed E-state index contributed by atoms with van der Waals surface area (Å²) >= 11 is 0. The third-order valence-electron chi connectivity index (χ3n) is 2.41. The topological polar surface area (TPSA) is 58.6 Å². The van der Waals surface area contributed by atoms with Crippen LogP contribution >= 0.6 is 0 Å². The largest absolute Gasteiger partial charge is 0.435 e. The molecule has 0 aromatic heterocycles. The molecule has 106 valence electrons. The summed E-state index contributed by atoms with van der Waals surface area (Å²) in [5, 5.41) is 11.6. The monoisotopic (exact) mass is 273 g/mol. The number of alkyl halides is 2. The number of hydrogen-bond acceptors (Lipinski definition) is 3. The van der Waals surface area contributed by atoms with Crippen molar-refractivity contribution >= 4 is 5.91 Å². The van der Waals surface area contributed by atoms with Gasteiger partial charge in [0.25, 0.3) is 0 Å².